The summed E-state index contributed by atoms with van der Waals surface area (Å²) in [5, 5.41) is 22.3. The first-order valence-corrected chi connectivity index (χ1v) is 13.1. The van der Waals surface area contributed by atoms with Crippen LogP contribution in [0.15, 0.2) is 77.1 Å². The molecule has 5 rings (SSSR count). The Morgan fingerprint density at radius 1 is 1.03 bits per heavy atom. The first-order valence-electron chi connectivity index (χ1n) is 12.7. The number of aromatic nitrogens is 2. The quantitative estimate of drug-likeness (QED) is 0.229. The molecule has 1 aliphatic heterocycles. The number of azo groups is 1. The van der Waals surface area contributed by atoms with Crippen LogP contribution in [0.5, 0.6) is 5.75 Å². The smallest absolute Gasteiger partial charge is 0.270 e. The minimum absolute atomic E-state index is 0.123. The SMILES string of the molecule is CCc1cc(Nc2cc(Cl)cc(-c3cccc(O)c3)c2)ccc1CN=Nc1ncc(F)c(N2CCOCC2)n1. The summed E-state index contributed by atoms with van der Waals surface area (Å²) in [6, 6.07) is 18.8. The number of benzene rings is 3. The van der Waals surface area contributed by atoms with Gasteiger partial charge in [0.05, 0.1) is 26.0 Å². The summed E-state index contributed by atoms with van der Waals surface area (Å²) < 4.78 is 19.6. The van der Waals surface area contributed by atoms with Gasteiger partial charge in [-0.1, -0.05) is 36.7 Å². The highest BCUT2D eigenvalue weighted by Gasteiger charge is 2.17. The van der Waals surface area contributed by atoms with Gasteiger partial charge < -0.3 is 20.1 Å². The summed E-state index contributed by atoms with van der Waals surface area (Å²) in [4.78, 5) is 10.1. The average molecular weight is 547 g/mol. The maximum atomic E-state index is 14.3. The van der Waals surface area contributed by atoms with Gasteiger partial charge in [0.25, 0.3) is 5.95 Å². The molecule has 10 heteroatoms. The summed E-state index contributed by atoms with van der Waals surface area (Å²) in [6.45, 7) is 4.61. The number of phenolic OH excluding ortho intramolecular Hbond substituents is 1. The third-order valence-corrected chi connectivity index (χ3v) is 6.60. The molecule has 0 bridgehead atoms. The number of ether oxygens (including phenoxy) is 1. The molecule has 2 N–H and O–H groups in total. The predicted octanol–water partition coefficient (Wildman–Crippen LogP) is 7.07. The third-order valence-electron chi connectivity index (χ3n) is 6.38. The van der Waals surface area contributed by atoms with E-state index in [2.05, 4.69) is 38.5 Å². The van der Waals surface area contributed by atoms with Gasteiger partial charge in [0, 0.05) is 29.5 Å². The van der Waals surface area contributed by atoms with Gasteiger partial charge in [0.15, 0.2) is 11.6 Å². The van der Waals surface area contributed by atoms with Crippen LogP contribution in [-0.2, 0) is 17.7 Å². The van der Waals surface area contributed by atoms with Crippen LogP contribution < -0.4 is 10.2 Å². The van der Waals surface area contributed by atoms with E-state index in [1.807, 2.05) is 41.3 Å². The van der Waals surface area contributed by atoms with Gasteiger partial charge >= 0.3 is 0 Å². The van der Waals surface area contributed by atoms with Crippen LogP contribution >= 0.6 is 11.6 Å². The van der Waals surface area contributed by atoms with Gasteiger partial charge in [-0.15, -0.1) is 5.11 Å². The number of phenols is 1. The Morgan fingerprint density at radius 2 is 1.87 bits per heavy atom. The minimum atomic E-state index is -0.485. The van der Waals surface area contributed by atoms with Gasteiger partial charge in [-0.2, -0.15) is 10.1 Å². The predicted molar refractivity (Wildman–Crippen MR) is 151 cm³/mol. The third kappa shape index (κ3) is 6.68. The maximum absolute atomic E-state index is 14.3. The van der Waals surface area contributed by atoms with Crippen molar-refractivity contribution in [1.29, 1.82) is 0 Å². The molecular formula is C29H28ClFN6O2. The molecule has 1 aliphatic rings. The average Bonchev–Trinajstić information content (AvgIpc) is 2.94. The zero-order chi connectivity index (χ0) is 27.2. The van der Waals surface area contributed by atoms with Gasteiger partial charge in [0.1, 0.15) is 5.75 Å². The molecule has 0 atom stereocenters. The molecule has 0 radical (unpaired) electrons. The van der Waals surface area contributed by atoms with E-state index in [1.165, 1.54) is 0 Å². The monoisotopic (exact) mass is 546 g/mol. The fourth-order valence-corrected chi connectivity index (χ4v) is 4.67. The molecule has 1 saturated heterocycles. The molecular weight excluding hydrogens is 519 g/mol. The Hall–Kier alpha value is -4.08. The number of morpholine rings is 1. The number of halogens is 2. The molecule has 3 aromatic carbocycles. The van der Waals surface area contributed by atoms with Crippen molar-refractivity contribution >= 4 is 34.7 Å². The second kappa shape index (κ2) is 12.2. The lowest BCUT2D eigenvalue weighted by atomic mass is 10.0. The van der Waals surface area contributed by atoms with Gasteiger partial charge in [-0.3, -0.25) is 0 Å². The van der Waals surface area contributed by atoms with Crippen LogP contribution in [0.3, 0.4) is 0 Å². The molecule has 1 fully saturated rings. The zero-order valence-electron chi connectivity index (χ0n) is 21.4. The van der Waals surface area contributed by atoms with Crippen molar-refractivity contribution in [3.63, 3.8) is 0 Å². The van der Waals surface area contributed by atoms with E-state index < -0.39 is 5.82 Å². The van der Waals surface area contributed by atoms with Crippen molar-refractivity contribution in [3.05, 3.63) is 88.8 Å². The van der Waals surface area contributed by atoms with Crippen LogP contribution in [0.2, 0.25) is 5.02 Å². The van der Waals surface area contributed by atoms with E-state index in [-0.39, 0.29) is 17.5 Å². The van der Waals surface area contributed by atoms with Gasteiger partial charge in [-0.25, -0.2) is 9.37 Å². The van der Waals surface area contributed by atoms with Crippen molar-refractivity contribution < 1.29 is 14.2 Å². The number of nitrogens with one attached hydrogen (secondary N) is 1. The number of rotatable bonds is 8. The fourth-order valence-electron chi connectivity index (χ4n) is 4.44. The summed E-state index contributed by atoms with van der Waals surface area (Å²) >= 11 is 6.40. The standard InChI is InChI=1S/C29H28ClFN6O2/c1-2-19-13-24(34-25-14-22(12-23(30)16-25)20-4-3-5-26(38)15-20)7-6-21(19)17-33-36-29-32-18-27(31)28(35-29)37-8-10-39-11-9-37/h3-7,12-16,18,34,38H,2,8-11,17H2,1H3. The van der Waals surface area contributed by atoms with Crippen LogP contribution in [0.4, 0.5) is 27.5 Å². The Labute approximate surface area is 231 Å². The largest absolute Gasteiger partial charge is 0.508 e. The molecule has 8 nitrogen and oxygen atoms in total. The van der Waals surface area contributed by atoms with E-state index in [0.717, 1.165) is 46.2 Å². The summed E-state index contributed by atoms with van der Waals surface area (Å²) in [5.74, 6) is 0.0599. The normalized spacial score (nSPS) is 13.7. The Morgan fingerprint density at radius 3 is 2.67 bits per heavy atom. The molecule has 0 amide bonds. The molecule has 200 valence electrons. The number of hydrogen-bond acceptors (Lipinski definition) is 8. The lowest BCUT2D eigenvalue weighted by Gasteiger charge is -2.27. The first-order chi connectivity index (χ1) is 19.0. The number of anilines is 3. The summed E-state index contributed by atoms with van der Waals surface area (Å²) in [6.07, 6.45) is 1.94. The Kier molecular flexibility index (Phi) is 8.29. The second-order valence-electron chi connectivity index (χ2n) is 9.08. The molecule has 0 unspecified atom stereocenters. The van der Waals surface area contributed by atoms with Crippen LogP contribution in [0.1, 0.15) is 18.1 Å². The van der Waals surface area contributed by atoms with E-state index >= 15 is 0 Å². The fraction of sp³-hybridized carbons (Fsp3) is 0.241. The number of nitrogens with zero attached hydrogens (tertiary/aromatic N) is 5. The molecule has 4 aromatic rings. The van der Waals surface area contributed by atoms with Crippen molar-refractivity contribution in [2.75, 3.05) is 36.5 Å². The highest BCUT2D eigenvalue weighted by molar-refractivity contribution is 6.31. The Bertz CT molecular complexity index is 1490. The van der Waals surface area contributed by atoms with Crippen molar-refractivity contribution in [1.82, 2.24) is 9.97 Å². The van der Waals surface area contributed by atoms with Crippen molar-refractivity contribution in [2.24, 2.45) is 10.2 Å². The second-order valence-corrected chi connectivity index (χ2v) is 9.52. The van der Waals surface area contributed by atoms with E-state index in [0.29, 0.717) is 37.9 Å². The van der Waals surface area contributed by atoms with E-state index in [9.17, 15) is 9.50 Å². The lowest BCUT2D eigenvalue weighted by molar-refractivity contribution is 0.122. The van der Waals surface area contributed by atoms with E-state index in [1.54, 1.807) is 18.2 Å². The molecule has 2 heterocycles. The highest BCUT2D eigenvalue weighted by Crippen LogP contribution is 2.31. The van der Waals surface area contributed by atoms with Crippen LogP contribution in [0.25, 0.3) is 11.1 Å². The molecule has 0 saturated carbocycles. The van der Waals surface area contributed by atoms with E-state index in [4.69, 9.17) is 16.3 Å². The molecule has 1 aromatic heterocycles. The number of aromatic hydroxyl groups is 1. The van der Waals surface area contributed by atoms with Crippen molar-refractivity contribution in [2.45, 2.75) is 19.9 Å². The molecule has 0 aliphatic carbocycles. The highest BCUT2D eigenvalue weighted by atomic mass is 35.5. The number of hydrogen-bond donors (Lipinski definition) is 2. The topological polar surface area (TPSA) is 95.2 Å². The summed E-state index contributed by atoms with van der Waals surface area (Å²) in [5.41, 5.74) is 5.65. The zero-order valence-corrected chi connectivity index (χ0v) is 22.2. The molecule has 0 spiro atoms. The van der Waals surface area contributed by atoms with Crippen LogP contribution in [0, 0.1) is 5.82 Å². The number of aryl methyl sites for hydroxylation is 1. The van der Waals surface area contributed by atoms with Gasteiger partial charge in [0.2, 0.25) is 0 Å². The maximum Gasteiger partial charge on any atom is 0.270 e. The van der Waals surface area contributed by atoms with Crippen molar-refractivity contribution in [3.8, 4) is 16.9 Å². The first kappa shape index (κ1) is 26.5. The Balaban J connectivity index is 1.29. The lowest BCUT2D eigenvalue weighted by Crippen LogP contribution is -2.37. The minimum Gasteiger partial charge on any atom is -0.508 e. The van der Waals surface area contributed by atoms with Gasteiger partial charge in [-0.05, 0) is 71.1 Å². The summed E-state index contributed by atoms with van der Waals surface area (Å²) in [7, 11) is 0. The molecule has 39 heavy (non-hydrogen) atoms. The van der Waals surface area contributed by atoms with Crippen LogP contribution in [-0.4, -0.2) is 41.4 Å².